The Hall–Kier alpha value is -2.62. The number of carbonyl (C=O) groups excluding carboxylic acids is 1. The van der Waals surface area contributed by atoms with E-state index in [2.05, 4.69) is 11.2 Å². The number of hydrogen-bond acceptors (Lipinski definition) is 3. The summed E-state index contributed by atoms with van der Waals surface area (Å²) in [7, 11) is 0. The van der Waals surface area contributed by atoms with E-state index in [9.17, 15) is 23.5 Å². The van der Waals surface area contributed by atoms with E-state index < -0.39 is 34.8 Å². The molecule has 128 valence electrons. The minimum Gasteiger partial charge on any atom is -0.480 e. The molecule has 0 aromatic heterocycles. The lowest BCUT2D eigenvalue weighted by Crippen LogP contribution is -2.55. The van der Waals surface area contributed by atoms with Crippen molar-refractivity contribution in [2.24, 2.45) is 0 Å². The molecule has 0 unspecified atom stereocenters. The summed E-state index contributed by atoms with van der Waals surface area (Å²) in [5, 5.41) is 11.9. The maximum atomic E-state index is 13.9. The molecular weight excluding hydrogens is 320 g/mol. The first-order valence-electron chi connectivity index (χ1n) is 7.51. The average Bonchev–Trinajstić information content (AvgIpc) is 2.54. The average molecular weight is 337 g/mol. The van der Waals surface area contributed by atoms with Gasteiger partial charge in [-0.1, -0.05) is 25.2 Å². The van der Waals surface area contributed by atoms with E-state index in [1.165, 1.54) is 0 Å². The van der Waals surface area contributed by atoms with Crippen LogP contribution in [0.4, 0.5) is 8.78 Å². The Kier molecular flexibility index (Phi) is 5.39. The van der Waals surface area contributed by atoms with Gasteiger partial charge in [0.2, 0.25) is 0 Å². The fourth-order valence-electron chi connectivity index (χ4n) is 2.78. The van der Waals surface area contributed by atoms with Crippen LogP contribution in [0.2, 0.25) is 0 Å². The Morgan fingerprint density at radius 2 is 1.83 bits per heavy atom. The summed E-state index contributed by atoms with van der Waals surface area (Å²) in [6, 6.07) is 1.59. The number of carbonyl (C=O) groups is 2. The fourth-order valence-corrected chi connectivity index (χ4v) is 2.78. The van der Waals surface area contributed by atoms with E-state index in [0.29, 0.717) is 12.8 Å². The van der Waals surface area contributed by atoms with Crippen LogP contribution in [0.25, 0.3) is 0 Å². The molecular formula is C17H17F2NO4. The smallest absolute Gasteiger partial charge is 0.329 e. The summed E-state index contributed by atoms with van der Waals surface area (Å²) in [6.45, 7) is -0.318. The molecule has 0 radical (unpaired) electrons. The molecule has 24 heavy (non-hydrogen) atoms. The van der Waals surface area contributed by atoms with Gasteiger partial charge in [-0.3, -0.25) is 4.79 Å². The van der Waals surface area contributed by atoms with Crippen molar-refractivity contribution in [2.45, 2.75) is 37.6 Å². The maximum Gasteiger partial charge on any atom is 0.329 e. The van der Waals surface area contributed by atoms with Crippen molar-refractivity contribution in [3.63, 3.8) is 0 Å². The Morgan fingerprint density at radius 1 is 1.25 bits per heavy atom. The van der Waals surface area contributed by atoms with E-state index in [0.717, 1.165) is 18.6 Å². The van der Waals surface area contributed by atoms with Crippen LogP contribution in [-0.2, 0) is 4.79 Å². The standard InChI is InChI=1S/C17H17F2NO4/c1-2-8-24-14-12(18)9-11(10-13(14)19)15(21)20-17(16(22)23)6-4-3-5-7-17/h1,9-10H,3-8H2,(H,20,21)(H,22,23). The first-order chi connectivity index (χ1) is 11.4. The monoisotopic (exact) mass is 337 g/mol. The lowest BCUT2D eigenvalue weighted by atomic mass is 9.81. The third-order valence-corrected chi connectivity index (χ3v) is 4.03. The lowest BCUT2D eigenvalue weighted by Gasteiger charge is -2.34. The molecule has 7 heteroatoms. The van der Waals surface area contributed by atoms with E-state index >= 15 is 0 Å². The number of aliphatic carboxylic acids is 1. The Balaban J connectivity index is 2.23. The maximum absolute atomic E-state index is 13.9. The number of ether oxygens (including phenoxy) is 1. The van der Waals surface area contributed by atoms with E-state index in [-0.39, 0.29) is 25.0 Å². The van der Waals surface area contributed by atoms with Crippen molar-refractivity contribution in [1.82, 2.24) is 5.32 Å². The van der Waals surface area contributed by atoms with Crippen molar-refractivity contribution in [3.8, 4) is 18.1 Å². The third kappa shape index (κ3) is 3.65. The van der Waals surface area contributed by atoms with Crippen molar-refractivity contribution in [3.05, 3.63) is 29.3 Å². The van der Waals surface area contributed by atoms with Gasteiger partial charge in [0, 0.05) is 5.56 Å². The molecule has 1 fully saturated rings. The zero-order valence-corrected chi connectivity index (χ0v) is 12.9. The summed E-state index contributed by atoms with van der Waals surface area (Å²) in [5.74, 6) is -2.75. The summed E-state index contributed by atoms with van der Waals surface area (Å²) in [5.41, 5.74) is -1.72. The summed E-state index contributed by atoms with van der Waals surface area (Å²) in [4.78, 5) is 23.8. The first-order valence-corrected chi connectivity index (χ1v) is 7.51. The van der Waals surface area contributed by atoms with E-state index in [4.69, 9.17) is 11.2 Å². The van der Waals surface area contributed by atoms with Crippen LogP contribution in [0, 0.1) is 24.0 Å². The molecule has 2 N–H and O–H groups in total. The predicted molar refractivity (Wildman–Crippen MR) is 81.6 cm³/mol. The minimum atomic E-state index is -1.40. The first kappa shape index (κ1) is 17.7. The number of benzene rings is 1. The van der Waals surface area contributed by atoms with Crippen LogP contribution >= 0.6 is 0 Å². The molecule has 0 bridgehead atoms. The molecule has 2 rings (SSSR count). The van der Waals surface area contributed by atoms with Crippen LogP contribution < -0.4 is 10.1 Å². The van der Waals surface area contributed by atoms with Gasteiger partial charge in [0.15, 0.2) is 17.4 Å². The number of rotatable bonds is 5. The summed E-state index contributed by atoms with van der Waals surface area (Å²) >= 11 is 0. The Morgan fingerprint density at radius 3 is 2.33 bits per heavy atom. The van der Waals surface area contributed by atoms with Crippen LogP contribution in [0.3, 0.4) is 0 Å². The van der Waals surface area contributed by atoms with Gasteiger partial charge in [0.1, 0.15) is 12.1 Å². The van der Waals surface area contributed by atoms with Gasteiger partial charge in [0.25, 0.3) is 5.91 Å². The van der Waals surface area contributed by atoms with Gasteiger partial charge in [-0.2, -0.15) is 0 Å². The van der Waals surface area contributed by atoms with Gasteiger partial charge in [0.05, 0.1) is 0 Å². The fraction of sp³-hybridized carbons (Fsp3) is 0.412. The zero-order chi connectivity index (χ0) is 17.7. The van der Waals surface area contributed by atoms with Crippen molar-refractivity contribution in [2.75, 3.05) is 6.61 Å². The molecule has 5 nitrogen and oxygen atoms in total. The Bertz CT molecular complexity index is 667. The van der Waals surface area contributed by atoms with Crippen molar-refractivity contribution in [1.29, 1.82) is 0 Å². The minimum absolute atomic E-state index is 0.280. The molecule has 1 aliphatic rings. The number of carboxylic acid groups (broad SMARTS) is 1. The van der Waals surface area contributed by atoms with Crippen LogP contribution in [0.5, 0.6) is 5.75 Å². The Labute approximate surface area is 138 Å². The molecule has 0 heterocycles. The highest BCUT2D eigenvalue weighted by atomic mass is 19.1. The topological polar surface area (TPSA) is 75.6 Å². The van der Waals surface area contributed by atoms with Crippen molar-refractivity contribution < 1.29 is 28.2 Å². The molecule has 1 aliphatic carbocycles. The van der Waals surface area contributed by atoms with Gasteiger partial charge < -0.3 is 15.2 Å². The number of nitrogens with one attached hydrogen (secondary N) is 1. The van der Waals surface area contributed by atoms with Gasteiger partial charge in [-0.05, 0) is 25.0 Å². The van der Waals surface area contributed by atoms with Crippen molar-refractivity contribution >= 4 is 11.9 Å². The second kappa shape index (κ2) is 7.30. The van der Waals surface area contributed by atoms with Gasteiger partial charge in [-0.15, -0.1) is 6.42 Å². The molecule has 1 saturated carbocycles. The van der Waals surface area contributed by atoms with Crippen LogP contribution in [0.15, 0.2) is 12.1 Å². The molecule has 1 aromatic carbocycles. The SMILES string of the molecule is C#CCOc1c(F)cc(C(=O)NC2(C(=O)O)CCCCC2)cc1F. The molecule has 0 atom stereocenters. The lowest BCUT2D eigenvalue weighted by molar-refractivity contribution is -0.145. The summed E-state index contributed by atoms with van der Waals surface area (Å²) in [6.07, 6.45) is 7.73. The number of carboxylic acids is 1. The van der Waals surface area contributed by atoms with Crippen LogP contribution in [-0.4, -0.2) is 29.1 Å². The quantitative estimate of drug-likeness (QED) is 0.810. The third-order valence-electron chi connectivity index (χ3n) is 4.03. The number of terminal acetylenes is 1. The normalized spacial score (nSPS) is 16.0. The second-order valence-electron chi connectivity index (χ2n) is 5.66. The largest absolute Gasteiger partial charge is 0.480 e. The number of halogens is 2. The molecule has 1 amide bonds. The molecule has 1 aromatic rings. The highest BCUT2D eigenvalue weighted by Gasteiger charge is 2.41. The number of hydrogen-bond donors (Lipinski definition) is 2. The van der Waals surface area contributed by atoms with E-state index in [1.54, 1.807) is 0 Å². The molecule has 0 spiro atoms. The van der Waals surface area contributed by atoms with E-state index in [1.807, 2.05) is 0 Å². The van der Waals surface area contributed by atoms with Crippen LogP contribution in [0.1, 0.15) is 42.5 Å². The summed E-state index contributed by atoms with van der Waals surface area (Å²) < 4.78 is 32.5. The second-order valence-corrected chi connectivity index (χ2v) is 5.66. The van der Waals surface area contributed by atoms with Gasteiger partial charge >= 0.3 is 5.97 Å². The zero-order valence-electron chi connectivity index (χ0n) is 12.9. The van der Waals surface area contributed by atoms with Gasteiger partial charge in [-0.25, -0.2) is 13.6 Å². The predicted octanol–water partition coefficient (Wildman–Crippen LogP) is 2.49. The number of amides is 1. The molecule has 0 aliphatic heterocycles. The highest BCUT2D eigenvalue weighted by Crippen LogP contribution is 2.29. The highest BCUT2D eigenvalue weighted by molar-refractivity contribution is 5.98. The molecule has 0 saturated heterocycles.